The van der Waals surface area contributed by atoms with Gasteiger partial charge in [0.15, 0.2) is 17.3 Å². The highest BCUT2D eigenvalue weighted by atomic mass is 16.7. The molecule has 0 amide bonds. The van der Waals surface area contributed by atoms with Crippen molar-refractivity contribution in [1.29, 1.82) is 0 Å². The highest BCUT2D eigenvalue weighted by Crippen LogP contribution is 2.32. The van der Waals surface area contributed by atoms with E-state index in [0.29, 0.717) is 25.7 Å². The largest absolute Gasteiger partial charge is 0.459 e. The molecule has 5 heteroatoms. The number of rotatable bonds is 6. The number of aryl methyl sites for hydroxylation is 1. The molecule has 1 aromatic rings. The molecule has 5 nitrogen and oxygen atoms in total. The Kier molecular flexibility index (Phi) is 4.76. The number of hydrogen-bond acceptors (Lipinski definition) is 5. The average Bonchev–Trinajstić information content (AvgIpc) is 3.00. The molecule has 3 rings (SSSR count). The van der Waals surface area contributed by atoms with Gasteiger partial charge in [0.2, 0.25) is 6.79 Å². The summed E-state index contributed by atoms with van der Waals surface area (Å²) < 4.78 is 15.7. The van der Waals surface area contributed by atoms with Crippen LogP contribution in [0.25, 0.3) is 0 Å². The van der Waals surface area contributed by atoms with Crippen molar-refractivity contribution in [2.75, 3.05) is 6.79 Å². The summed E-state index contributed by atoms with van der Waals surface area (Å²) in [6.07, 6.45) is 8.75. The van der Waals surface area contributed by atoms with Gasteiger partial charge >= 0.3 is 5.97 Å². The van der Waals surface area contributed by atoms with Gasteiger partial charge in [-0.1, -0.05) is 18.2 Å². The molecule has 2 heterocycles. The number of fused-ring (bicyclic) bond motifs is 1. The molecule has 2 aliphatic rings. The zero-order valence-corrected chi connectivity index (χ0v) is 12.7. The van der Waals surface area contributed by atoms with Gasteiger partial charge in [0.1, 0.15) is 6.10 Å². The number of esters is 1. The van der Waals surface area contributed by atoms with Crippen LogP contribution in [0.4, 0.5) is 0 Å². The van der Waals surface area contributed by atoms with E-state index in [1.54, 1.807) is 18.2 Å². The number of ether oxygens (including phenoxy) is 3. The second kappa shape index (κ2) is 7.13. The number of carbonyl (C=O) groups is 2. The Morgan fingerprint density at radius 1 is 1.26 bits per heavy atom. The molecule has 23 heavy (non-hydrogen) atoms. The molecule has 0 bridgehead atoms. The molecule has 0 unspecified atom stereocenters. The van der Waals surface area contributed by atoms with Crippen molar-refractivity contribution < 1.29 is 23.8 Å². The highest BCUT2D eigenvalue weighted by Gasteiger charge is 2.15. The maximum atomic E-state index is 11.9. The molecule has 1 aromatic carbocycles. The lowest BCUT2D eigenvalue weighted by Crippen LogP contribution is -2.19. The highest BCUT2D eigenvalue weighted by molar-refractivity contribution is 5.89. The third-order valence-electron chi connectivity index (χ3n) is 3.74. The van der Waals surface area contributed by atoms with Gasteiger partial charge in [-0.3, -0.25) is 4.79 Å². The maximum Gasteiger partial charge on any atom is 0.330 e. The fourth-order valence-corrected chi connectivity index (χ4v) is 2.51. The zero-order chi connectivity index (χ0) is 16.1. The molecular weight excluding hydrogens is 296 g/mol. The zero-order valence-electron chi connectivity index (χ0n) is 12.7. The van der Waals surface area contributed by atoms with Crippen LogP contribution in [0.15, 0.2) is 42.5 Å². The van der Waals surface area contributed by atoms with E-state index in [-0.39, 0.29) is 24.6 Å². The van der Waals surface area contributed by atoms with Crippen molar-refractivity contribution in [2.45, 2.75) is 31.8 Å². The number of allylic oxidation sites excluding steroid dienone is 1. The van der Waals surface area contributed by atoms with Crippen LogP contribution in [-0.2, 0) is 20.7 Å². The fourth-order valence-electron chi connectivity index (χ4n) is 2.51. The van der Waals surface area contributed by atoms with Crippen molar-refractivity contribution >= 4 is 11.8 Å². The van der Waals surface area contributed by atoms with Gasteiger partial charge < -0.3 is 14.2 Å². The lowest BCUT2D eigenvalue weighted by Gasteiger charge is -2.16. The molecule has 0 fully saturated rings. The Balaban J connectivity index is 1.43. The molecule has 0 saturated heterocycles. The van der Waals surface area contributed by atoms with E-state index in [4.69, 9.17) is 14.2 Å². The lowest BCUT2D eigenvalue weighted by atomic mass is 10.1. The molecule has 0 aliphatic carbocycles. The Labute approximate surface area is 134 Å². The summed E-state index contributed by atoms with van der Waals surface area (Å²) in [7, 11) is 0. The van der Waals surface area contributed by atoms with E-state index < -0.39 is 0 Å². The third-order valence-corrected chi connectivity index (χ3v) is 3.74. The van der Waals surface area contributed by atoms with E-state index in [1.165, 1.54) is 6.08 Å². The molecule has 0 radical (unpaired) electrons. The number of ketones is 1. The second-order valence-corrected chi connectivity index (χ2v) is 5.49. The predicted octanol–water partition coefficient (Wildman–Crippen LogP) is 2.74. The standard InChI is InChI=1S/C18H18O5/c19-14(3-1-4-15-5-2-6-18(20)23-15)9-7-13-8-10-16-17(11-13)22-12-21-16/h1-3,6,8,10-11,15H,4-5,7,9,12H2/b3-1+/t15-/m0/s1. The maximum absolute atomic E-state index is 11.9. The fraction of sp³-hybridized carbons (Fsp3) is 0.333. The van der Waals surface area contributed by atoms with Gasteiger partial charge in [0, 0.05) is 25.3 Å². The van der Waals surface area contributed by atoms with Crippen molar-refractivity contribution in [3.05, 3.63) is 48.1 Å². The summed E-state index contributed by atoms with van der Waals surface area (Å²) in [5.41, 5.74) is 1.04. The molecule has 2 aliphatic heterocycles. The van der Waals surface area contributed by atoms with Gasteiger partial charge in [-0.05, 0) is 30.2 Å². The van der Waals surface area contributed by atoms with Gasteiger partial charge in [-0.2, -0.15) is 0 Å². The SMILES string of the molecule is O=C(/C=C/C[C@H]1CC=CC(=O)O1)CCc1ccc2c(c1)OCO2. The van der Waals surface area contributed by atoms with E-state index in [1.807, 2.05) is 18.2 Å². The molecule has 0 spiro atoms. The minimum Gasteiger partial charge on any atom is -0.459 e. The van der Waals surface area contributed by atoms with Crippen LogP contribution in [0.1, 0.15) is 24.8 Å². The predicted molar refractivity (Wildman–Crippen MR) is 83.3 cm³/mol. The van der Waals surface area contributed by atoms with Crippen LogP contribution in [0, 0.1) is 0 Å². The van der Waals surface area contributed by atoms with Crippen LogP contribution in [0.5, 0.6) is 11.5 Å². The third kappa shape index (κ3) is 4.22. The number of carbonyl (C=O) groups excluding carboxylic acids is 2. The topological polar surface area (TPSA) is 61.8 Å². The molecule has 0 N–H and O–H groups in total. The van der Waals surface area contributed by atoms with Gasteiger partial charge in [-0.15, -0.1) is 0 Å². The van der Waals surface area contributed by atoms with Crippen LogP contribution >= 0.6 is 0 Å². The number of cyclic esters (lactones) is 1. The van der Waals surface area contributed by atoms with Crippen LogP contribution < -0.4 is 9.47 Å². The van der Waals surface area contributed by atoms with E-state index in [2.05, 4.69) is 0 Å². The first-order valence-corrected chi connectivity index (χ1v) is 7.66. The summed E-state index contributed by atoms with van der Waals surface area (Å²) >= 11 is 0. The Morgan fingerprint density at radius 2 is 2.13 bits per heavy atom. The van der Waals surface area contributed by atoms with Crippen molar-refractivity contribution in [2.24, 2.45) is 0 Å². The smallest absolute Gasteiger partial charge is 0.330 e. The van der Waals surface area contributed by atoms with E-state index in [0.717, 1.165) is 17.1 Å². The minimum absolute atomic E-state index is 0.0559. The monoisotopic (exact) mass is 314 g/mol. The lowest BCUT2D eigenvalue weighted by molar-refractivity contribution is -0.143. The normalized spacial score (nSPS) is 19.1. The van der Waals surface area contributed by atoms with Crippen molar-refractivity contribution in [1.82, 2.24) is 0 Å². The molecule has 0 aromatic heterocycles. The van der Waals surface area contributed by atoms with Crippen LogP contribution in [0.3, 0.4) is 0 Å². The average molecular weight is 314 g/mol. The molecule has 0 saturated carbocycles. The molecular formula is C18H18O5. The first-order valence-electron chi connectivity index (χ1n) is 7.66. The van der Waals surface area contributed by atoms with Crippen LogP contribution in [-0.4, -0.2) is 24.6 Å². The molecule has 1 atom stereocenters. The minimum atomic E-state index is -0.316. The summed E-state index contributed by atoms with van der Waals surface area (Å²) in [6.45, 7) is 0.251. The van der Waals surface area contributed by atoms with E-state index >= 15 is 0 Å². The van der Waals surface area contributed by atoms with Crippen LogP contribution in [0.2, 0.25) is 0 Å². The van der Waals surface area contributed by atoms with Gasteiger partial charge in [0.25, 0.3) is 0 Å². The summed E-state index contributed by atoms with van der Waals surface area (Å²) in [6, 6.07) is 5.72. The summed E-state index contributed by atoms with van der Waals surface area (Å²) in [4.78, 5) is 23.0. The Hall–Kier alpha value is -2.56. The summed E-state index contributed by atoms with van der Waals surface area (Å²) in [5, 5.41) is 0. The number of benzene rings is 1. The first kappa shape index (κ1) is 15.3. The second-order valence-electron chi connectivity index (χ2n) is 5.49. The van der Waals surface area contributed by atoms with Gasteiger partial charge in [-0.25, -0.2) is 4.79 Å². The Morgan fingerprint density at radius 3 is 3.00 bits per heavy atom. The van der Waals surface area contributed by atoms with Gasteiger partial charge in [0.05, 0.1) is 0 Å². The van der Waals surface area contributed by atoms with E-state index in [9.17, 15) is 9.59 Å². The first-order chi connectivity index (χ1) is 11.2. The number of hydrogen-bond donors (Lipinski definition) is 0. The van der Waals surface area contributed by atoms with Crippen molar-refractivity contribution in [3.8, 4) is 11.5 Å². The quantitative estimate of drug-likeness (QED) is 0.597. The molecule has 120 valence electrons. The van der Waals surface area contributed by atoms with Crippen molar-refractivity contribution in [3.63, 3.8) is 0 Å². The Bertz CT molecular complexity index is 659. The summed E-state index contributed by atoms with van der Waals surface area (Å²) in [5.74, 6) is 1.22.